The Morgan fingerprint density at radius 1 is 1.26 bits per heavy atom. The second-order valence-electron chi connectivity index (χ2n) is 6.88. The molecule has 1 unspecified atom stereocenters. The summed E-state index contributed by atoms with van der Waals surface area (Å²) in [5.74, 6) is -0.475. The maximum atomic E-state index is 13.5. The predicted octanol–water partition coefficient (Wildman–Crippen LogP) is 4.21. The maximum Gasteiger partial charge on any atom is 0.338 e. The fourth-order valence-electron chi connectivity index (χ4n) is 3.49. The van der Waals surface area contributed by atoms with Gasteiger partial charge in [0.2, 0.25) is 0 Å². The second kappa shape index (κ2) is 8.94. The minimum Gasteiger partial charge on any atom is -0.463 e. The smallest absolute Gasteiger partial charge is 0.338 e. The lowest BCUT2D eigenvalue weighted by molar-refractivity contribution is -0.139. The lowest BCUT2D eigenvalue weighted by atomic mass is 9.96. The Kier molecular flexibility index (Phi) is 6.27. The normalized spacial score (nSPS) is 16.1. The van der Waals surface area contributed by atoms with Crippen molar-refractivity contribution in [1.82, 2.24) is 4.57 Å². The minimum absolute atomic E-state index is 0.231. The molecule has 3 aromatic rings. The third-order valence-electron chi connectivity index (χ3n) is 4.89. The van der Waals surface area contributed by atoms with E-state index in [0.29, 0.717) is 25.6 Å². The lowest BCUT2D eigenvalue weighted by Gasteiger charge is -2.24. The number of nitrogens with zero attached hydrogens (tertiary/aromatic N) is 2. The molecule has 158 valence electrons. The van der Waals surface area contributed by atoms with Crippen molar-refractivity contribution in [1.29, 1.82) is 0 Å². The van der Waals surface area contributed by atoms with Crippen LogP contribution in [0.2, 0.25) is 5.02 Å². The molecule has 0 radical (unpaired) electrons. The number of aromatic nitrogens is 1. The number of fused-ring (bicyclic) bond motifs is 1. The van der Waals surface area contributed by atoms with Crippen molar-refractivity contribution in [3.05, 3.63) is 100 Å². The number of carbonyl (C=O) groups excluding carboxylic acids is 1. The van der Waals surface area contributed by atoms with E-state index in [1.165, 1.54) is 11.3 Å². The Bertz CT molecular complexity index is 1370. The number of ether oxygens (including phenoxy) is 1. The fraction of sp³-hybridized carbons (Fsp3) is 0.174. The molecule has 1 aliphatic rings. The van der Waals surface area contributed by atoms with Crippen molar-refractivity contribution in [2.75, 3.05) is 6.61 Å². The van der Waals surface area contributed by atoms with Crippen LogP contribution in [0.1, 0.15) is 31.0 Å². The van der Waals surface area contributed by atoms with Crippen molar-refractivity contribution in [3.8, 4) is 0 Å². The van der Waals surface area contributed by atoms with Crippen molar-refractivity contribution in [2.24, 2.45) is 4.99 Å². The molecule has 0 fully saturated rings. The summed E-state index contributed by atoms with van der Waals surface area (Å²) >= 11 is 11.0. The number of rotatable bonds is 4. The molecule has 5 nitrogen and oxygen atoms in total. The van der Waals surface area contributed by atoms with Crippen LogP contribution in [0.5, 0.6) is 0 Å². The molecule has 0 spiro atoms. The monoisotopic (exact) mass is 516 g/mol. The molecule has 0 saturated heterocycles. The van der Waals surface area contributed by atoms with Gasteiger partial charge in [-0.15, -0.1) is 0 Å². The number of thiazole rings is 1. The summed E-state index contributed by atoms with van der Waals surface area (Å²) in [7, 11) is 0. The maximum absolute atomic E-state index is 13.5. The van der Waals surface area contributed by atoms with Crippen molar-refractivity contribution in [2.45, 2.75) is 19.9 Å². The first-order valence-corrected chi connectivity index (χ1v) is 11.6. The highest BCUT2D eigenvalue weighted by Crippen LogP contribution is 2.31. The van der Waals surface area contributed by atoms with E-state index in [1.807, 2.05) is 42.5 Å². The van der Waals surface area contributed by atoms with Crippen molar-refractivity contribution in [3.63, 3.8) is 0 Å². The van der Waals surface area contributed by atoms with E-state index in [0.717, 1.165) is 15.6 Å². The number of hydrogen-bond acceptors (Lipinski definition) is 5. The summed E-state index contributed by atoms with van der Waals surface area (Å²) in [6.45, 7) is 3.75. The van der Waals surface area contributed by atoms with Crippen molar-refractivity contribution < 1.29 is 9.53 Å². The molecule has 1 atom stereocenters. The van der Waals surface area contributed by atoms with E-state index >= 15 is 0 Å². The highest BCUT2D eigenvalue weighted by molar-refractivity contribution is 9.10. The third-order valence-corrected chi connectivity index (χ3v) is 6.75. The van der Waals surface area contributed by atoms with Crippen LogP contribution in [0.25, 0.3) is 6.08 Å². The van der Waals surface area contributed by atoms with E-state index < -0.39 is 12.0 Å². The lowest BCUT2D eigenvalue weighted by Crippen LogP contribution is -2.39. The molecule has 8 heteroatoms. The average molecular weight is 518 g/mol. The highest BCUT2D eigenvalue weighted by Gasteiger charge is 2.33. The van der Waals surface area contributed by atoms with Gasteiger partial charge in [0.1, 0.15) is 0 Å². The van der Waals surface area contributed by atoms with Gasteiger partial charge in [0, 0.05) is 9.50 Å². The summed E-state index contributed by atoms with van der Waals surface area (Å²) in [5.41, 5.74) is 2.21. The molecular formula is C23H18BrClN2O3S. The van der Waals surface area contributed by atoms with Crippen LogP contribution < -0.4 is 14.9 Å². The van der Waals surface area contributed by atoms with Gasteiger partial charge in [-0.2, -0.15) is 0 Å². The van der Waals surface area contributed by atoms with Crippen LogP contribution >= 0.6 is 38.9 Å². The van der Waals surface area contributed by atoms with Crippen LogP contribution in [0, 0.1) is 0 Å². The molecular weight excluding hydrogens is 500 g/mol. The Labute approximate surface area is 196 Å². The molecule has 0 bridgehead atoms. The first-order valence-electron chi connectivity index (χ1n) is 9.60. The Morgan fingerprint density at radius 3 is 2.65 bits per heavy atom. The van der Waals surface area contributed by atoms with Gasteiger partial charge < -0.3 is 4.74 Å². The number of halogens is 2. The number of carbonyl (C=O) groups is 1. The molecule has 4 rings (SSSR count). The van der Waals surface area contributed by atoms with Crippen molar-refractivity contribution >= 4 is 50.9 Å². The zero-order valence-electron chi connectivity index (χ0n) is 16.8. The number of esters is 1. The van der Waals surface area contributed by atoms with E-state index in [9.17, 15) is 9.59 Å². The topological polar surface area (TPSA) is 60.7 Å². The number of hydrogen-bond donors (Lipinski definition) is 0. The van der Waals surface area contributed by atoms with Gasteiger partial charge >= 0.3 is 5.97 Å². The first-order chi connectivity index (χ1) is 14.9. The summed E-state index contributed by atoms with van der Waals surface area (Å²) in [5, 5.41) is 0.557. The predicted molar refractivity (Wildman–Crippen MR) is 126 cm³/mol. The fourth-order valence-corrected chi connectivity index (χ4v) is 4.98. The first kappa shape index (κ1) is 21.7. The summed E-state index contributed by atoms with van der Waals surface area (Å²) < 4.78 is 8.26. The Balaban J connectivity index is 1.97. The van der Waals surface area contributed by atoms with Crippen LogP contribution in [-0.2, 0) is 9.53 Å². The van der Waals surface area contributed by atoms with Gasteiger partial charge in [-0.3, -0.25) is 9.36 Å². The number of benzene rings is 2. The van der Waals surface area contributed by atoms with Gasteiger partial charge in [0.05, 0.1) is 28.5 Å². The molecule has 0 N–H and O–H groups in total. The van der Waals surface area contributed by atoms with Crippen LogP contribution in [-0.4, -0.2) is 17.1 Å². The quantitative estimate of drug-likeness (QED) is 0.487. The minimum atomic E-state index is -0.628. The SMILES string of the molecule is CCOC(=O)C1=C(C)N=c2s/c(=C\c3ccccc3Cl)c(=O)n2C1c1ccc(Br)cc1. The summed E-state index contributed by atoms with van der Waals surface area (Å²) in [4.78, 5) is 31.4. The van der Waals surface area contributed by atoms with E-state index in [4.69, 9.17) is 16.3 Å². The van der Waals surface area contributed by atoms with Gasteiger partial charge in [-0.25, -0.2) is 9.79 Å². The summed E-state index contributed by atoms with van der Waals surface area (Å²) in [6.07, 6.45) is 1.76. The van der Waals surface area contributed by atoms with Gasteiger partial charge in [0.15, 0.2) is 4.80 Å². The molecule has 1 aromatic heterocycles. The van der Waals surface area contributed by atoms with E-state index in [2.05, 4.69) is 20.9 Å². The Hall–Kier alpha value is -2.48. The third kappa shape index (κ3) is 4.18. The van der Waals surface area contributed by atoms with Gasteiger partial charge in [0.25, 0.3) is 5.56 Å². The zero-order valence-corrected chi connectivity index (χ0v) is 19.9. The molecule has 2 heterocycles. The summed E-state index contributed by atoms with van der Waals surface area (Å²) in [6, 6.07) is 14.2. The Morgan fingerprint density at radius 2 is 1.97 bits per heavy atom. The van der Waals surface area contributed by atoms with Gasteiger partial charge in [-0.05, 0) is 49.2 Å². The molecule has 1 aliphatic heterocycles. The molecule has 0 amide bonds. The molecule has 31 heavy (non-hydrogen) atoms. The van der Waals surface area contributed by atoms with Crippen LogP contribution in [0.4, 0.5) is 0 Å². The number of allylic oxidation sites excluding steroid dienone is 1. The standard InChI is InChI=1S/C23H18BrClN2O3S/c1-3-30-22(29)19-13(2)26-23-27(20(19)14-8-10-16(24)11-9-14)21(28)18(31-23)12-15-6-4-5-7-17(15)25/h4-12,20H,3H2,1-2H3/b18-12-. The molecule has 2 aromatic carbocycles. The second-order valence-corrected chi connectivity index (χ2v) is 9.21. The zero-order chi connectivity index (χ0) is 22.1. The largest absolute Gasteiger partial charge is 0.463 e. The van der Waals surface area contributed by atoms with Crippen LogP contribution in [0.15, 0.2) is 74.1 Å². The molecule has 0 aliphatic carbocycles. The molecule has 0 saturated carbocycles. The average Bonchev–Trinajstić information content (AvgIpc) is 3.04. The highest BCUT2D eigenvalue weighted by atomic mass is 79.9. The van der Waals surface area contributed by atoms with Crippen LogP contribution in [0.3, 0.4) is 0 Å². The van der Waals surface area contributed by atoms with Gasteiger partial charge in [-0.1, -0.05) is 69.2 Å². The van der Waals surface area contributed by atoms with E-state index in [-0.39, 0.29) is 12.2 Å². The van der Waals surface area contributed by atoms with E-state index in [1.54, 1.807) is 30.6 Å².